The summed E-state index contributed by atoms with van der Waals surface area (Å²) >= 11 is 0. The molecular weight excluding hydrogens is 282 g/mol. The van der Waals surface area contributed by atoms with Gasteiger partial charge in [-0.05, 0) is 34.1 Å². The van der Waals surface area contributed by atoms with Crippen molar-refractivity contribution in [3.05, 3.63) is 29.0 Å². The smallest absolute Gasteiger partial charge is 0.245 e. The number of hydrogen-bond donors (Lipinski definition) is 1. The molecule has 2 rings (SSSR count). The van der Waals surface area contributed by atoms with Crippen molar-refractivity contribution in [2.75, 3.05) is 0 Å². The van der Waals surface area contributed by atoms with Crippen LogP contribution < -0.4 is 4.72 Å². The topological polar surface area (TPSA) is 98.2 Å². The van der Waals surface area contributed by atoms with E-state index < -0.39 is 10.0 Å². The Morgan fingerprint density at radius 3 is 2.45 bits per heavy atom. The van der Waals surface area contributed by atoms with Crippen molar-refractivity contribution < 1.29 is 17.5 Å². The lowest BCUT2D eigenvalue weighted by Crippen LogP contribution is -2.34. The normalized spacial score (nSPS) is 13.6. The number of hydrogen-bond acceptors (Lipinski definition) is 6. The maximum absolute atomic E-state index is 12.2. The first-order valence-electron chi connectivity index (χ1n) is 6.16. The molecule has 20 heavy (non-hydrogen) atoms. The summed E-state index contributed by atoms with van der Waals surface area (Å²) in [6.07, 6.45) is 1.63. The molecule has 0 fully saturated rings. The molecule has 0 aromatic carbocycles. The molecule has 8 heteroatoms. The van der Waals surface area contributed by atoms with Gasteiger partial charge in [-0.3, -0.25) is 0 Å². The number of sulfonamides is 1. The number of rotatable bonds is 5. The third-order valence-electron chi connectivity index (χ3n) is 3.04. The minimum Gasteiger partial charge on any atom is -0.363 e. The van der Waals surface area contributed by atoms with E-state index >= 15 is 0 Å². The summed E-state index contributed by atoms with van der Waals surface area (Å²) in [4.78, 5) is 0.0584. The van der Waals surface area contributed by atoms with Crippen LogP contribution in [-0.4, -0.2) is 24.8 Å². The van der Waals surface area contributed by atoms with Gasteiger partial charge in [0.05, 0.1) is 5.69 Å². The van der Waals surface area contributed by atoms with Gasteiger partial charge in [0.2, 0.25) is 10.0 Å². The summed E-state index contributed by atoms with van der Waals surface area (Å²) in [5.41, 5.74) is 2.03. The van der Waals surface area contributed by atoms with Crippen molar-refractivity contribution in [1.82, 2.24) is 15.0 Å². The van der Waals surface area contributed by atoms with Gasteiger partial charge >= 0.3 is 0 Å². The molecule has 0 spiro atoms. The van der Waals surface area contributed by atoms with Gasteiger partial charge < -0.3 is 9.05 Å². The van der Waals surface area contributed by atoms with Gasteiger partial charge in [-0.1, -0.05) is 10.3 Å². The molecule has 2 aromatic heterocycles. The van der Waals surface area contributed by atoms with Crippen LogP contribution in [0.4, 0.5) is 0 Å². The van der Waals surface area contributed by atoms with Crippen LogP contribution in [0.25, 0.3) is 0 Å². The van der Waals surface area contributed by atoms with Gasteiger partial charge in [0.1, 0.15) is 22.6 Å². The third-order valence-corrected chi connectivity index (χ3v) is 4.73. The highest BCUT2D eigenvalue weighted by atomic mass is 32.2. The molecule has 0 unspecified atom stereocenters. The summed E-state index contributed by atoms with van der Waals surface area (Å²) in [5.74, 6) is 0.703. The molecule has 1 N–H and O–H groups in total. The molecule has 110 valence electrons. The maximum atomic E-state index is 12.2. The minimum absolute atomic E-state index is 0.0584. The second-order valence-corrected chi connectivity index (χ2v) is 6.48. The van der Waals surface area contributed by atoms with Gasteiger partial charge in [-0.25, -0.2) is 13.1 Å². The number of nitrogens with zero attached hydrogens (tertiary/aromatic N) is 2. The van der Waals surface area contributed by atoms with Crippen molar-refractivity contribution in [3.8, 4) is 0 Å². The summed E-state index contributed by atoms with van der Waals surface area (Å²) in [6.45, 7) is 7.00. The average molecular weight is 299 g/mol. The number of aromatic nitrogens is 2. The van der Waals surface area contributed by atoms with Crippen LogP contribution in [0.2, 0.25) is 0 Å². The van der Waals surface area contributed by atoms with Crippen molar-refractivity contribution in [3.63, 3.8) is 0 Å². The standard InChI is InChI=1S/C12H17N3O4S/c1-7(5-11-8(2)14-19-10(11)4)15-20(16,17)12-6-18-13-9(12)3/h6-7,15H,5H2,1-4H3/t7-/m1/s1. The van der Waals surface area contributed by atoms with Crippen LogP contribution >= 0.6 is 0 Å². The van der Waals surface area contributed by atoms with Crippen LogP contribution in [-0.2, 0) is 16.4 Å². The Hall–Kier alpha value is -1.67. The van der Waals surface area contributed by atoms with E-state index in [0.29, 0.717) is 17.9 Å². The molecule has 0 saturated carbocycles. The maximum Gasteiger partial charge on any atom is 0.245 e. The summed E-state index contributed by atoms with van der Waals surface area (Å²) in [5, 5.41) is 7.43. The second kappa shape index (κ2) is 5.37. The predicted molar refractivity (Wildman–Crippen MR) is 70.7 cm³/mol. The first kappa shape index (κ1) is 14.7. The molecule has 0 aliphatic heterocycles. The van der Waals surface area contributed by atoms with E-state index in [0.717, 1.165) is 17.5 Å². The lowest BCUT2D eigenvalue weighted by Gasteiger charge is -2.13. The van der Waals surface area contributed by atoms with Crippen LogP contribution in [0.3, 0.4) is 0 Å². The van der Waals surface area contributed by atoms with Crippen LogP contribution in [0.15, 0.2) is 20.2 Å². The lowest BCUT2D eigenvalue weighted by atomic mass is 10.1. The summed E-state index contributed by atoms with van der Waals surface area (Å²) in [6, 6.07) is -0.300. The van der Waals surface area contributed by atoms with Gasteiger partial charge in [-0.15, -0.1) is 0 Å². The molecule has 0 radical (unpaired) electrons. The molecule has 0 aliphatic rings. The molecule has 0 bridgehead atoms. The van der Waals surface area contributed by atoms with Crippen LogP contribution in [0, 0.1) is 20.8 Å². The molecule has 2 aromatic rings. The van der Waals surface area contributed by atoms with Crippen molar-refractivity contribution in [2.24, 2.45) is 0 Å². The zero-order chi connectivity index (χ0) is 14.9. The highest BCUT2D eigenvalue weighted by molar-refractivity contribution is 7.89. The van der Waals surface area contributed by atoms with Crippen molar-refractivity contribution in [1.29, 1.82) is 0 Å². The van der Waals surface area contributed by atoms with Gasteiger partial charge in [0, 0.05) is 11.6 Å². The van der Waals surface area contributed by atoms with Gasteiger partial charge in [0.25, 0.3) is 0 Å². The lowest BCUT2D eigenvalue weighted by molar-refractivity contribution is 0.392. The Morgan fingerprint density at radius 2 is 1.95 bits per heavy atom. The summed E-state index contributed by atoms with van der Waals surface area (Å²) < 4.78 is 36.7. The Balaban J connectivity index is 2.13. The molecular formula is C12H17N3O4S. The second-order valence-electron chi connectivity index (χ2n) is 4.79. The molecule has 1 atom stereocenters. The largest absolute Gasteiger partial charge is 0.363 e. The average Bonchev–Trinajstić information content (AvgIpc) is 2.90. The van der Waals surface area contributed by atoms with E-state index in [4.69, 9.17) is 4.52 Å². The number of aryl methyl sites for hydroxylation is 3. The fraction of sp³-hybridized carbons (Fsp3) is 0.500. The number of nitrogens with one attached hydrogen (secondary N) is 1. The summed E-state index contributed by atoms with van der Waals surface area (Å²) in [7, 11) is -3.63. The zero-order valence-electron chi connectivity index (χ0n) is 11.8. The van der Waals surface area contributed by atoms with Gasteiger partial charge in [0.15, 0.2) is 0 Å². The first-order chi connectivity index (χ1) is 9.31. The van der Waals surface area contributed by atoms with Crippen molar-refractivity contribution in [2.45, 2.75) is 45.1 Å². The van der Waals surface area contributed by atoms with E-state index in [1.165, 1.54) is 0 Å². The Kier molecular flexibility index (Phi) is 3.96. The quantitative estimate of drug-likeness (QED) is 0.898. The van der Waals surface area contributed by atoms with E-state index in [2.05, 4.69) is 19.6 Å². The monoisotopic (exact) mass is 299 g/mol. The van der Waals surface area contributed by atoms with Gasteiger partial charge in [-0.2, -0.15) is 0 Å². The van der Waals surface area contributed by atoms with E-state index in [-0.39, 0.29) is 10.9 Å². The first-order valence-corrected chi connectivity index (χ1v) is 7.64. The SMILES string of the molecule is Cc1nocc1S(=O)(=O)N[C@H](C)Cc1c(C)noc1C. The highest BCUT2D eigenvalue weighted by Crippen LogP contribution is 2.17. The molecule has 2 heterocycles. The van der Waals surface area contributed by atoms with E-state index in [1.54, 1.807) is 20.8 Å². The molecule has 7 nitrogen and oxygen atoms in total. The molecule has 0 saturated heterocycles. The Bertz CT molecular complexity index is 683. The van der Waals surface area contributed by atoms with Crippen molar-refractivity contribution >= 4 is 10.0 Å². The Morgan fingerprint density at radius 1 is 1.25 bits per heavy atom. The zero-order valence-corrected chi connectivity index (χ0v) is 12.6. The van der Waals surface area contributed by atoms with Crippen LogP contribution in [0.1, 0.15) is 29.6 Å². The predicted octanol–water partition coefficient (Wildman–Crippen LogP) is 1.50. The molecule has 0 aliphatic carbocycles. The third kappa shape index (κ3) is 2.91. The fourth-order valence-corrected chi connectivity index (χ4v) is 3.35. The fourth-order valence-electron chi connectivity index (χ4n) is 2.01. The minimum atomic E-state index is -3.63. The highest BCUT2D eigenvalue weighted by Gasteiger charge is 2.23. The van der Waals surface area contributed by atoms with E-state index in [1.807, 2.05) is 6.92 Å². The van der Waals surface area contributed by atoms with Crippen LogP contribution in [0.5, 0.6) is 0 Å². The Labute approximate surface area is 117 Å². The molecule has 0 amide bonds. The van der Waals surface area contributed by atoms with E-state index in [9.17, 15) is 8.42 Å².